The molecule has 2 saturated heterocycles. The average Bonchev–Trinajstić information content (AvgIpc) is 3.70. The van der Waals surface area contributed by atoms with Crippen LogP contribution in [0.15, 0.2) is 0 Å². The molecule has 17 heteroatoms. The van der Waals surface area contributed by atoms with Gasteiger partial charge in [0.2, 0.25) is 35.4 Å². The van der Waals surface area contributed by atoms with Gasteiger partial charge in [-0.3, -0.25) is 33.6 Å². The van der Waals surface area contributed by atoms with Crippen molar-refractivity contribution in [3.63, 3.8) is 0 Å². The first kappa shape index (κ1) is 40.9. The summed E-state index contributed by atoms with van der Waals surface area (Å²) in [5.41, 5.74) is 5.54. The van der Waals surface area contributed by atoms with Crippen molar-refractivity contribution < 1.29 is 48.6 Å². The molecule has 0 radical (unpaired) electrons. The quantitative estimate of drug-likeness (QED) is 0.0964. The summed E-state index contributed by atoms with van der Waals surface area (Å²) < 4.78 is 0. The second-order valence-corrected chi connectivity index (χ2v) is 13.7. The van der Waals surface area contributed by atoms with Crippen LogP contribution in [0.1, 0.15) is 86.5 Å². The highest BCUT2D eigenvalue weighted by Gasteiger charge is 2.43. The van der Waals surface area contributed by atoms with E-state index in [-0.39, 0.29) is 38.3 Å². The Kier molecular flexibility index (Phi) is 15.4. The van der Waals surface area contributed by atoms with Crippen LogP contribution in [-0.4, -0.2) is 123 Å². The zero-order valence-electron chi connectivity index (χ0n) is 29.2. The van der Waals surface area contributed by atoms with Crippen LogP contribution < -0.4 is 27.0 Å². The molecule has 49 heavy (non-hydrogen) atoms. The van der Waals surface area contributed by atoms with Crippen molar-refractivity contribution >= 4 is 47.4 Å². The van der Waals surface area contributed by atoms with Crippen LogP contribution >= 0.6 is 0 Å². The second kappa shape index (κ2) is 18.5. The zero-order chi connectivity index (χ0) is 37.2. The smallest absolute Gasteiger partial charge is 0.326 e. The van der Waals surface area contributed by atoms with Crippen molar-refractivity contribution in [3.8, 4) is 0 Å². The molecule has 2 rings (SSSR count). The fourth-order valence-corrected chi connectivity index (χ4v) is 5.94. The summed E-state index contributed by atoms with van der Waals surface area (Å²) in [4.78, 5) is 105. The highest BCUT2D eigenvalue weighted by molar-refractivity contribution is 5.97. The minimum atomic E-state index is -1.32. The van der Waals surface area contributed by atoms with E-state index in [9.17, 15) is 48.6 Å². The lowest BCUT2D eigenvalue weighted by Gasteiger charge is -2.33. The van der Waals surface area contributed by atoms with Gasteiger partial charge in [0.1, 0.15) is 36.3 Å². The molecule has 0 aromatic rings. The van der Waals surface area contributed by atoms with E-state index < -0.39 is 102 Å². The minimum absolute atomic E-state index is 0.00509. The standard InChI is InChI=1S/C32H53N7O10/c1-16(2)15-21(32(48)49)36-28(44)22-9-8-14-39(22)31(47)25(17(3)4)37-29(45)23-10-7-13-38(23)30(46)20(11-12-24(40)41)35-27(43)19(6)34-26(42)18(5)33/h16-23,25H,7-15,33H2,1-6H3,(H,34,42)(H,35,43)(H,36,44)(H,37,45)(H,40,41)(H,48,49)/t18-,19-,20-,21-,22-,23-,25-/m0/s1. The van der Waals surface area contributed by atoms with Gasteiger partial charge in [0.05, 0.1) is 6.04 Å². The number of hydrogen-bond acceptors (Lipinski definition) is 9. The number of hydrogen-bond donors (Lipinski definition) is 7. The summed E-state index contributed by atoms with van der Waals surface area (Å²) in [5, 5.41) is 29.1. The molecular weight excluding hydrogens is 642 g/mol. The molecule has 17 nitrogen and oxygen atoms in total. The van der Waals surface area contributed by atoms with Gasteiger partial charge in [0.15, 0.2) is 0 Å². The summed E-state index contributed by atoms with van der Waals surface area (Å²) in [6, 6.07) is -7.41. The Morgan fingerprint density at radius 2 is 1.24 bits per heavy atom. The molecular formula is C32H53N7O10. The van der Waals surface area contributed by atoms with Crippen molar-refractivity contribution in [1.29, 1.82) is 0 Å². The Balaban J connectivity index is 2.20. The van der Waals surface area contributed by atoms with Crippen LogP contribution in [-0.2, 0) is 38.4 Å². The number of nitrogens with two attached hydrogens (primary N) is 1. The van der Waals surface area contributed by atoms with Crippen LogP contribution in [0.4, 0.5) is 0 Å². The number of aliphatic carboxylic acids is 2. The molecule has 2 aliphatic rings. The molecule has 6 amide bonds. The number of amides is 6. The first-order chi connectivity index (χ1) is 22.8. The van der Waals surface area contributed by atoms with Gasteiger partial charge in [-0.15, -0.1) is 0 Å². The van der Waals surface area contributed by atoms with Gasteiger partial charge in [-0.1, -0.05) is 27.7 Å². The summed E-state index contributed by atoms with van der Waals surface area (Å²) in [5.74, 6) is -6.54. The number of carboxylic acid groups (broad SMARTS) is 2. The third-order valence-corrected chi connectivity index (χ3v) is 8.66. The van der Waals surface area contributed by atoms with Gasteiger partial charge in [0.25, 0.3) is 0 Å². The van der Waals surface area contributed by atoms with E-state index >= 15 is 0 Å². The normalized spacial score (nSPS) is 20.6. The molecule has 0 aliphatic carbocycles. The highest BCUT2D eigenvalue weighted by atomic mass is 16.4. The van der Waals surface area contributed by atoms with Gasteiger partial charge < -0.3 is 47.0 Å². The number of likely N-dealkylation sites (tertiary alicyclic amines) is 2. The summed E-state index contributed by atoms with van der Waals surface area (Å²) >= 11 is 0. The molecule has 2 heterocycles. The van der Waals surface area contributed by atoms with Gasteiger partial charge in [-0.25, -0.2) is 4.79 Å². The molecule has 0 aromatic heterocycles. The van der Waals surface area contributed by atoms with Crippen molar-refractivity contribution in [2.75, 3.05) is 13.1 Å². The Hall–Kier alpha value is -4.28. The third kappa shape index (κ3) is 11.7. The minimum Gasteiger partial charge on any atom is -0.481 e. The second-order valence-electron chi connectivity index (χ2n) is 13.7. The van der Waals surface area contributed by atoms with Gasteiger partial charge in [-0.2, -0.15) is 0 Å². The first-order valence-corrected chi connectivity index (χ1v) is 16.9. The maximum atomic E-state index is 13.8. The van der Waals surface area contributed by atoms with Crippen LogP contribution in [0.2, 0.25) is 0 Å². The van der Waals surface area contributed by atoms with E-state index in [0.717, 1.165) is 0 Å². The number of rotatable bonds is 17. The molecule has 8 N–H and O–H groups in total. The number of carbonyl (C=O) groups excluding carboxylic acids is 6. The molecule has 0 saturated carbocycles. The number of nitrogens with one attached hydrogen (secondary N) is 4. The van der Waals surface area contributed by atoms with Crippen LogP contribution in [0.25, 0.3) is 0 Å². The largest absolute Gasteiger partial charge is 0.481 e. The summed E-state index contributed by atoms with van der Waals surface area (Å²) in [6.45, 7) is 10.3. The molecule has 2 fully saturated rings. The number of carboxylic acids is 2. The lowest BCUT2D eigenvalue weighted by atomic mass is 10.0. The average molecular weight is 696 g/mol. The number of carbonyl (C=O) groups is 8. The van der Waals surface area contributed by atoms with E-state index in [1.807, 2.05) is 13.8 Å². The Morgan fingerprint density at radius 3 is 1.71 bits per heavy atom. The fourth-order valence-electron chi connectivity index (χ4n) is 5.94. The highest BCUT2D eigenvalue weighted by Crippen LogP contribution is 2.23. The fraction of sp³-hybridized carbons (Fsp3) is 0.750. The monoisotopic (exact) mass is 695 g/mol. The molecule has 2 aliphatic heterocycles. The van der Waals surface area contributed by atoms with Crippen molar-refractivity contribution in [1.82, 2.24) is 31.1 Å². The molecule has 7 atom stereocenters. The summed E-state index contributed by atoms with van der Waals surface area (Å²) in [6.07, 6.45) is 0.995. The van der Waals surface area contributed by atoms with E-state index in [1.165, 1.54) is 23.6 Å². The topological polar surface area (TPSA) is 258 Å². The maximum absolute atomic E-state index is 13.8. The lowest BCUT2D eigenvalue weighted by Crippen LogP contribution is -2.60. The van der Waals surface area contributed by atoms with E-state index in [4.69, 9.17) is 5.73 Å². The predicted molar refractivity (Wildman–Crippen MR) is 175 cm³/mol. The lowest BCUT2D eigenvalue weighted by molar-refractivity contribution is -0.146. The van der Waals surface area contributed by atoms with Crippen molar-refractivity contribution in [3.05, 3.63) is 0 Å². The Morgan fingerprint density at radius 1 is 0.714 bits per heavy atom. The van der Waals surface area contributed by atoms with Crippen LogP contribution in [0.5, 0.6) is 0 Å². The molecule has 0 bridgehead atoms. The van der Waals surface area contributed by atoms with E-state index in [1.54, 1.807) is 13.8 Å². The van der Waals surface area contributed by atoms with Crippen molar-refractivity contribution in [2.24, 2.45) is 17.6 Å². The maximum Gasteiger partial charge on any atom is 0.326 e. The molecule has 0 spiro atoms. The first-order valence-electron chi connectivity index (χ1n) is 16.9. The molecule has 0 unspecified atom stereocenters. The van der Waals surface area contributed by atoms with E-state index in [2.05, 4.69) is 21.3 Å². The van der Waals surface area contributed by atoms with E-state index in [0.29, 0.717) is 19.3 Å². The Labute approximate surface area is 286 Å². The van der Waals surface area contributed by atoms with Crippen LogP contribution in [0.3, 0.4) is 0 Å². The SMILES string of the molecule is CC(C)C[C@H](NC(=O)[C@@H]1CCCN1C(=O)[C@@H](NC(=O)[C@@H]1CCCN1C(=O)[C@H](CCC(=O)O)NC(=O)[C@H](C)NC(=O)[C@H](C)N)C(C)C)C(=O)O. The van der Waals surface area contributed by atoms with Crippen LogP contribution in [0, 0.1) is 11.8 Å². The van der Waals surface area contributed by atoms with Gasteiger partial charge in [0, 0.05) is 19.5 Å². The third-order valence-electron chi connectivity index (χ3n) is 8.66. The van der Waals surface area contributed by atoms with Crippen molar-refractivity contribution in [2.45, 2.75) is 129 Å². The molecule has 0 aromatic carbocycles. The summed E-state index contributed by atoms with van der Waals surface area (Å²) in [7, 11) is 0. The Bertz CT molecular complexity index is 1260. The number of nitrogens with zero attached hydrogens (tertiary/aromatic N) is 2. The predicted octanol–water partition coefficient (Wildman–Crippen LogP) is -1.07. The molecule has 276 valence electrons. The van der Waals surface area contributed by atoms with Gasteiger partial charge in [-0.05, 0) is 64.2 Å². The van der Waals surface area contributed by atoms with Gasteiger partial charge >= 0.3 is 11.9 Å². The zero-order valence-corrected chi connectivity index (χ0v) is 29.2.